The van der Waals surface area contributed by atoms with Crippen LogP contribution in [0.5, 0.6) is 5.88 Å². The number of halogens is 3. The number of aromatic nitrogens is 2. The van der Waals surface area contributed by atoms with Gasteiger partial charge in [-0.2, -0.15) is 0 Å². The highest BCUT2D eigenvalue weighted by atomic mass is 35.5. The van der Waals surface area contributed by atoms with Crippen molar-refractivity contribution in [3.8, 4) is 11.6 Å². The van der Waals surface area contributed by atoms with Crippen LogP contribution in [0, 0.1) is 6.92 Å². The summed E-state index contributed by atoms with van der Waals surface area (Å²) in [5, 5.41) is 1.31. The molecule has 0 fully saturated rings. The average Bonchev–Trinajstić information content (AvgIpc) is 2.94. The SMILES string of the molecule is COCCOCCOCCOCCOCCOCCOc1ncc(Cl)c2c1c(=O)cc(C)n2-c1c(Cl)cccc1Cl. The number of para-hydroxylation sites is 1. The molecule has 0 saturated heterocycles. The van der Waals surface area contributed by atoms with Gasteiger partial charge in [-0.25, -0.2) is 4.98 Å². The molecule has 3 aromatic rings. The molecule has 0 unspecified atom stereocenters. The predicted octanol–water partition coefficient (Wildman–Crippen LogP) is 4.76. The lowest BCUT2D eigenvalue weighted by Crippen LogP contribution is -2.16. The van der Waals surface area contributed by atoms with E-state index in [0.29, 0.717) is 93.0 Å². The topological polar surface area (TPSA) is 99.5 Å². The number of rotatable bonds is 20. The lowest BCUT2D eigenvalue weighted by molar-refractivity contribution is -0.0159. The summed E-state index contributed by atoms with van der Waals surface area (Å²) in [6, 6.07) is 6.64. The molecule has 10 nitrogen and oxygen atoms in total. The number of ether oxygens (including phenoxy) is 7. The van der Waals surface area contributed by atoms with Crippen molar-refractivity contribution in [1.82, 2.24) is 9.55 Å². The van der Waals surface area contributed by atoms with Gasteiger partial charge < -0.3 is 37.7 Å². The normalized spacial score (nSPS) is 11.4. The van der Waals surface area contributed by atoms with Gasteiger partial charge in [0.1, 0.15) is 12.0 Å². The molecule has 41 heavy (non-hydrogen) atoms. The number of methoxy groups -OCH3 is 1. The van der Waals surface area contributed by atoms with Crippen LogP contribution in [0.2, 0.25) is 15.1 Å². The second kappa shape index (κ2) is 18.5. The van der Waals surface area contributed by atoms with Crippen molar-refractivity contribution in [3.05, 3.63) is 61.4 Å². The third-order valence-electron chi connectivity index (χ3n) is 5.68. The van der Waals surface area contributed by atoms with Crippen molar-refractivity contribution in [2.75, 3.05) is 86.4 Å². The second-order valence-corrected chi connectivity index (χ2v) is 9.82. The van der Waals surface area contributed by atoms with Gasteiger partial charge in [-0.1, -0.05) is 40.9 Å². The monoisotopic (exact) mass is 632 g/mol. The molecular weight excluding hydrogens is 599 g/mol. The quantitative estimate of drug-likeness (QED) is 0.163. The minimum atomic E-state index is -0.281. The molecule has 2 aromatic heterocycles. The zero-order valence-corrected chi connectivity index (χ0v) is 25.4. The fraction of sp³-hybridized carbons (Fsp3) is 0.500. The van der Waals surface area contributed by atoms with Crippen LogP contribution in [0.1, 0.15) is 5.69 Å². The van der Waals surface area contributed by atoms with Gasteiger partial charge in [-0.15, -0.1) is 0 Å². The third-order valence-corrected chi connectivity index (χ3v) is 6.57. The van der Waals surface area contributed by atoms with Gasteiger partial charge in [0.25, 0.3) is 0 Å². The first-order valence-corrected chi connectivity index (χ1v) is 14.2. The molecule has 0 spiro atoms. The first kappa shape index (κ1) is 33.5. The molecule has 0 radical (unpaired) electrons. The maximum absolute atomic E-state index is 13.0. The fourth-order valence-corrected chi connectivity index (χ4v) is 4.62. The lowest BCUT2D eigenvalue weighted by atomic mass is 10.2. The van der Waals surface area contributed by atoms with E-state index in [1.165, 1.54) is 12.3 Å². The van der Waals surface area contributed by atoms with Gasteiger partial charge in [0.05, 0.1) is 105 Å². The van der Waals surface area contributed by atoms with E-state index < -0.39 is 0 Å². The van der Waals surface area contributed by atoms with E-state index in [0.717, 1.165) is 0 Å². The minimum Gasteiger partial charge on any atom is -0.475 e. The van der Waals surface area contributed by atoms with Crippen LogP contribution in [-0.4, -0.2) is 95.9 Å². The predicted molar refractivity (Wildman–Crippen MR) is 159 cm³/mol. The molecule has 0 aliphatic carbocycles. The van der Waals surface area contributed by atoms with E-state index >= 15 is 0 Å². The van der Waals surface area contributed by atoms with Crippen LogP contribution >= 0.6 is 34.8 Å². The van der Waals surface area contributed by atoms with E-state index in [4.69, 9.17) is 68.0 Å². The number of pyridine rings is 2. The van der Waals surface area contributed by atoms with E-state index in [-0.39, 0.29) is 34.9 Å². The lowest BCUT2D eigenvalue weighted by Gasteiger charge is -2.19. The van der Waals surface area contributed by atoms with Gasteiger partial charge in [-0.3, -0.25) is 4.79 Å². The Morgan fingerprint density at radius 1 is 0.732 bits per heavy atom. The summed E-state index contributed by atoms with van der Waals surface area (Å²) in [5.74, 6) is 0.144. The van der Waals surface area contributed by atoms with E-state index in [2.05, 4.69) is 4.98 Å². The van der Waals surface area contributed by atoms with Crippen molar-refractivity contribution < 1.29 is 33.2 Å². The third kappa shape index (κ3) is 10.3. The van der Waals surface area contributed by atoms with Crippen LogP contribution in [0.15, 0.2) is 35.3 Å². The van der Waals surface area contributed by atoms with E-state index in [1.807, 2.05) is 0 Å². The Kier molecular flexibility index (Phi) is 15.1. The molecule has 13 heteroatoms. The number of nitrogens with zero attached hydrogens (tertiary/aromatic N) is 2. The van der Waals surface area contributed by atoms with Crippen molar-refractivity contribution in [2.24, 2.45) is 0 Å². The maximum atomic E-state index is 13.0. The Morgan fingerprint density at radius 3 is 1.73 bits per heavy atom. The molecule has 226 valence electrons. The summed E-state index contributed by atoms with van der Waals surface area (Å²) in [5.41, 5.74) is 1.25. The van der Waals surface area contributed by atoms with Crippen LogP contribution in [-0.2, 0) is 28.4 Å². The van der Waals surface area contributed by atoms with Crippen molar-refractivity contribution in [1.29, 1.82) is 0 Å². The molecule has 0 atom stereocenters. The Balaban J connectivity index is 1.38. The number of hydrogen-bond acceptors (Lipinski definition) is 9. The zero-order chi connectivity index (χ0) is 29.5. The number of fused-ring (bicyclic) bond motifs is 1. The summed E-state index contributed by atoms with van der Waals surface area (Å²) in [6.07, 6.45) is 1.43. The van der Waals surface area contributed by atoms with Gasteiger partial charge in [-0.05, 0) is 19.1 Å². The Bertz CT molecular complexity index is 1270. The zero-order valence-electron chi connectivity index (χ0n) is 23.2. The Morgan fingerprint density at radius 2 is 1.22 bits per heavy atom. The van der Waals surface area contributed by atoms with Gasteiger partial charge >= 0.3 is 0 Å². The van der Waals surface area contributed by atoms with Crippen molar-refractivity contribution in [2.45, 2.75) is 6.92 Å². The molecule has 0 aliphatic heterocycles. The number of aryl methyl sites for hydroxylation is 1. The number of benzene rings is 1. The molecule has 0 amide bonds. The largest absolute Gasteiger partial charge is 0.475 e. The second-order valence-electron chi connectivity index (χ2n) is 8.59. The van der Waals surface area contributed by atoms with Crippen LogP contribution in [0.4, 0.5) is 0 Å². The summed E-state index contributed by atoms with van der Waals surface area (Å²) >= 11 is 19.5. The summed E-state index contributed by atoms with van der Waals surface area (Å²) in [6.45, 7) is 7.07. The molecule has 3 rings (SSSR count). The highest BCUT2D eigenvalue weighted by Gasteiger charge is 2.20. The Labute approximate surface area is 254 Å². The first-order valence-electron chi connectivity index (χ1n) is 13.1. The van der Waals surface area contributed by atoms with Crippen LogP contribution in [0.25, 0.3) is 16.6 Å². The summed E-state index contributed by atoms with van der Waals surface area (Å²) in [4.78, 5) is 17.2. The van der Waals surface area contributed by atoms with Crippen LogP contribution in [0.3, 0.4) is 0 Å². The van der Waals surface area contributed by atoms with Gasteiger partial charge in [0.2, 0.25) is 5.88 Å². The fourth-order valence-electron chi connectivity index (χ4n) is 3.83. The highest BCUT2D eigenvalue weighted by Crippen LogP contribution is 2.35. The molecular formula is C28H35Cl3N2O8. The summed E-state index contributed by atoms with van der Waals surface area (Å²) in [7, 11) is 1.63. The molecule has 0 bridgehead atoms. The van der Waals surface area contributed by atoms with Crippen molar-refractivity contribution >= 4 is 45.7 Å². The number of hydrogen-bond donors (Lipinski definition) is 0. The van der Waals surface area contributed by atoms with Crippen LogP contribution < -0.4 is 10.2 Å². The Hall–Kier alpha value is -1.99. The van der Waals surface area contributed by atoms with E-state index in [1.54, 1.807) is 36.8 Å². The molecule has 0 aliphatic rings. The minimum absolute atomic E-state index is 0.144. The molecule has 1 aromatic carbocycles. The molecule has 0 saturated carbocycles. The van der Waals surface area contributed by atoms with Crippen molar-refractivity contribution in [3.63, 3.8) is 0 Å². The van der Waals surface area contributed by atoms with E-state index in [9.17, 15) is 4.79 Å². The van der Waals surface area contributed by atoms with Gasteiger partial charge in [0, 0.05) is 18.9 Å². The summed E-state index contributed by atoms with van der Waals surface area (Å²) < 4.78 is 39.7. The van der Waals surface area contributed by atoms with Gasteiger partial charge in [0.15, 0.2) is 5.43 Å². The smallest absolute Gasteiger partial charge is 0.227 e. The first-order chi connectivity index (χ1) is 20.0. The average molecular weight is 634 g/mol. The molecule has 0 N–H and O–H groups in total. The standard InChI is InChI=1S/C28H35Cl3N2O8/c1-20-18-24(34)25-27(33(20)26-21(29)4-3-5-22(26)30)23(31)19-32-28(25)41-17-16-40-15-14-39-13-12-38-11-10-37-9-8-36-7-6-35-2/h3-5,18-19H,6-17H2,1-2H3. The highest BCUT2D eigenvalue weighted by molar-refractivity contribution is 6.38. The molecule has 2 heterocycles. The maximum Gasteiger partial charge on any atom is 0.227 e.